The summed E-state index contributed by atoms with van der Waals surface area (Å²) in [5, 5.41) is 11.4. The van der Waals surface area contributed by atoms with Gasteiger partial charge in [0.25, 0.3) is 5.91 Å². The number of aromatic nitrogens is 1. The van der Waals surface area contributed by atoms with E-state index in [4.69, 9.17) is 14.6 Å². The average Bonchev–Trinajstić information content (AvgIpc) is 2.45. The highest BCUT2D eigenvalue weighted by molar-refractivity contribution is 5.95. The summed E-state index contributed by atoms with van der Waals surface area (Å²) in [5.41, 5.74) is 0.866. The van der Waals surface area contributed by atoms with Gasteiger partial charge in [-0.25, -0.2) is 4.79 Å². The van der Waals surface area contributed by atoms with E-state index in [2.05, 4.69) is 10.3 Å². The molecule has 1 aliphatic heterocycles. The third-order valence-corrected chi connectivity index (χ3v) is 3.62. The molecule has 126 valence electrons. The number of carbonyl (C=O) groups excluding carboxylic acids is 1. The van der Waals surface area contributed by atoms with Gasteiger partial charge < -0.3 is 24.9 Å². The minimum Gasteiger partial charge on any atom is -0.480 e. The summed E-state index contributed by atoms with van der Waals surface area (Å²) in [6.07, 6.45) is -0.0765. The van der Waals surface area contributed by atoms with Crippen LogP contribution in [0.5, 0.6) is 0 Å². The molecule has 2 atom stereocenters. The van der Waals surface area contributed by atoms with Gasteiger partial charge in [0.05, 0.1) is 12.6 Å². The summed E-state index contributed by atoms with van der Waals surface area (Å²) in [7, 11) is 0. The number of aryl methyl sites for hydroxylation is 2. The molecule has 1 fully saturated rings. The van der Waals surface area contributed by atoms with Gasteiger partial charge in [0.1, 0.15) is 18.3 Å². The number of aliphatic carboxylic acids is 1. The van der Waals surface area contributed by atoms with E-state index in [0.29, 0.717) is 24.4 Å². The van der Waals surface area contributed by atoms with E-state index in [9.17, 15) is 14.4 Å². The Morgan fingerprint density at radius 1 is 1.48 bits per heavy atom. The van der Waals surface area contributed by atoms with Gasteiger partial charge in [-0.3, -0.25) is 9.59 Å². The van der Waals surface area contributed by atoms with Gasteiger partial charge in [0, 0.05) is 24.1 Å². The van der Waals surface area contributed by atoms with Crippen LogP contribution < -0.4 is 10.7 Å². The molecule has 1 aromatic heterocycles. The zero-order valence-electron chi connectivity index (χ0n) is 13.0. The second-order valence-electron chi connectivity index (χ2n) is 5.50. The standard InChI is InChI=1S/C15H20N2O6/c1-8-5-11(18)14(9(2)16-8)15(21)17-10-3-4-22-6-12(10)23-7-13(19)20/h5,10,12H,3-4,6-7H2,1-2H3,(H,16,18)(H,17,21)(H,19,20)/t10-,12-/m1/s1. The van der Waals surface area contributed by atoms with E-state index >= 15 is 0 Å². The summed E-state index contributed by atoms with van der Waals surface area (Å²) >= 11 is 0. The number of carbonyl (C=O) groups is 2. The van der Waals surface area contributed by atoms with Crippen molar-refractivity contribution in [3.8, 4) is 0 Å². The second-order valence-corrected chi connectivity index (χ2v) is 5.50. The summed E-state index contributed by atoms with van der Waals surface area (Å²) in [6.45, 7) is 3.56. The van der Waals surface area contributed by atoms with E-state index in [1.54, 1.807) is 13.8 Å². The van der Waals surface area contributed by atoms with Crippen molar-refractivity contribution in [3.63, 3.8) is 0 Å². The number of amides is 1. The molecule has 0 saturated carbocycles. The number of H-pyrrole nitrogens is 1. The Hall–Kier alpha value is -2.19. The Balaban J connectivity index is 2.11. The Morgan fingerprint density at radius 3 is 2.87 bits per heavy atom. The third kappa shape index (κ3) is 4.40. The molecule has 8 heteroatoms. The molecule has 0 bridgehead atoms. The largest absolute Gasteiger partial charge is 0.480 e. The fraction of sp³-hybridized carbons (Fsp3) is 0.533. The molecule has 23 heavy (non-hydrogen) atoms. The molecule has 0 aromatic carbocycles. The van der Waals surface area contributed by atoms with Crippen LogP contribution in [0.4, 0.5) is 0 Å². The number of carboxylic acids is 1. The first-order valence-electron chi connectivity index (χ1n) is 7.31. The molecule has 0 aliphatic carbocycles. The van der Waals surface area contributed by atoms with Crippen molar-refractivity contribution in [2.45, 2.75) is 32.4 Å². The van der Waals surface area contributed by atoms with E-state index in [0.717, 1.165) is 0 Å². The molecule has 1 saturated heterocycles. The van der Waals surface area contributed by atoms with Gasteiger partial charge >= 0.3 is 5.97 Å². The van der Waals surface area contributed by atoms with Crippen molar-refractivity contribution in [2.75, 3.05) is 19.8 Å². The van der Waals surface area contributed by atoms with Crippen LogP contribution in [0, 0.1) is 13.8 Å². The SMILES string of the molecule is Cc1cc(=O)c(C(=O)N[C@@H]2CCOC[C@H]2OCC(=O)O)c(C)[nH]1. The number of hydrogen-bond donors (Lipinski definition) is 3. The summed E-state index contributed by atoms with van der Waals surface area (Å²) in [5.74, 6) is -1.59. The number of aromatic amines is 1. The fourth-order valence-corrected chi connectivity index (χ4v) is 2.59. The van der Waals surface area contributed by atoms with Crippen LogP contribution in [0.15, 0.2) is 10.9 Å². The van der Waals surface area contributed by atoms with Gasteiger partial charge in [-0.05, 0) is 20.3 Å². The Morgan fingerprint density at radius 2 is 2.22 bits per heavy atom. The maximum atomic E-state index is 12.4. The predicted octanol–water partition coefficient (Wildman–Crippen LogP) is -0.0198. The highest BCUT2D eigenvalue weighted by atomic mass is 16.5. The summed E-state index contributed by atoms with van der Waals surface area (Å²) in [4.78, 5) is 38.0. The van der Waals surface area contributed by atoms with Crippen molar-refractivity contribution < 1.29 is 24.2 Å². The molecule has 0 radical (unpaired) electrons. The first kappa shape index (κ1) is 17.2. The monoisotopic (exact) mass is 324 g/mol. The number of hydrogen-bond acceptors (Lipinski definition) is 5. The molecule has 2 rings (SSSR count). The molecule has 8 nitrogen and oxygen atoms in total. The quantitative estimate of drug-likeness (QED) is 0.700. The second kappa shape index (κ2) is 7.38. The van der Waals surface area contributed by atoms with Gasteiger partial charge in [-0.2, -0.15) is 0 Å². The van der Waals surface area contributed by atoms with Crippen molar-refractivity contribution in [1.82, 2.24) is 10.3 Å². The van der Waals surface area contributed by atoms with Crippen molar-refractivity contribution >= 4 is 11.9 Å². The van der Waals surface area contributed by atoms with Gasteiger partial charge in [0.2, 0.25) is 0 Å². The molecular formula is C15H20N2O6. The minimum absolute atomic E-state index is 0.0547. The number of ether oxygens (including phenoxy) is 2. The Bertz CT molecular complexity index is 654. The Labute approximate surface area is 132 Å². The van der Waals surface area contributed by atoms with Crippen LogP contribution in [0.2, 0.25) is 0 Å². The smallest absolute Gasteiger partial charge is 0.329 e. The zero-order valence-corrected chi connectivity index (χ0v) is 13.0. The zero-order chi connectivity index (χ0) is 17.0. The lowest BCUT2D eigenvalue weighted by atomic mass is 10.0. The van der Waals surface area contributed by atoms with Gasteiger partial charge in [0.15, 0.2) is 5.43 Å². The van der Waals surface area contributed by atoms with Crippen molar-refractivity contribution in [1.29, 1.82) is 0 Å². The predicted molar refractivity (Wildman–Crippen MR) is 80.6 cm³/mol. The number of pyridine rings is 1. The highest BCUT2D eigenvalue weighted by Crippen LogP contribution is 2.13. The van der Waals surface area contributed by atoms with E-state index in [1.807, 2.05) is 0 Å². The lowest BCUT2D eigenvalue weighted by molar-refractivity contribution is -0.148. The van der Waals surface area contributed by atoms with Gasteiger partial charge in [-0.15, -0.1) is 0 Å². The van der Waals surface area contributed by atoms with Crippen LogP contribution in [0.25, 0.3) is 0 Å². The first-order valence-corrected chi connectivity index (χ1v) is 7.31. The van der Waals surface area contributed by atoms with Crippen LogP contribution in [-0.2, 0) is 14.3 Å². The van der Waals surface area contributed by atoms with Crippen LogP contribution in [0.1, 0.15) is 28.2 Å². The topological polar surface area (TPSA) is 118 Å². The first-order chi connectivity index (χ1) is 10.9. The van der Waals surface area contributed by atoms with E-state index < -0.39 is 30.6 Å². The normalized spacial score (nSPS) is 21.0. The summed E-state index contributed by atoms with van der Waals surface area (Å²) < 4.78 is 10.5. The Kier molecular flexibility index (Phi) is 5.51. The fourth-order valence-electron chi connectivity index (χ4n) is 2.59. The van der Waals surface area contributed by atoms with Gasteiger partial charge in [-0.1, -0.05) is 0 Å². The molecule has 2 heterocycles. The third-order valence-electron chi connectivity index (χ3n) is 3.62. The molecular weight excluding hydrogens is 304 g/mol. The van der Waals surface area contributed by atoms with E-state index in [1.165, 1.54) is 6.07 Å². The van der Waals surface area contributed by atoms with Crippen LogP contribution in [0.3, 0.4) is 0 Å². The number of carboxylic acid groups (broad SMARTS) is 1. The molecule has 1 amide bonds. The van der Waals surface area contributed by atoms with Crippen LogP contribution in [-0.4, -0.2) is 53.9 Å². The lowest BCUT2D eigenvalue weighted by Gasteiger charge is -2.31. The summed E-state index contributed by atoms with van der Waals surface area (Å²) in [6, 6.07) is 0.959. The number of rotatable bonds is 5. The molecule has 0 unspecified atom stereocenters. The molecule has 3 N–H and O–H groups in total. The number of nitrogens with one attached hydrogen (secondary N) is 2. The van der Waals surface area contributed by atoms with Crippen molar-refractivity contribution in [2.24, 2.45) is 0 Å². The average molecular weight is 324 g/mol. The van der Waals surface area contributed by atoms with E-state index in [-0.39, 0.29) is 17.6 Å². The highest BCUT2D eigenvalue weighted by Gasteiger charge is 2.29. The minimum atomic E-state index is -1.09. The molecule has 0 spiro atoms. The maximum absolute atomic E-state index is 12.4. The van der Waals surface area contributed by atoms with Crippen LogP contribution >= 0.6 is 0 Å². The lowest BCUT2D eigenvalue weighted by Crippen LogP contribution is -2.51. The molecule has 1 aromatic rings. The molecule has 1 aliphatic rings. The van der Waals surface area contributed by atoms with Crippen molar-refractivity contribution in [3.05, 3.63) is 33.2 Å². The maximum Gasteiger partial charge on any atom is 0.329 e.